The van der Waals surface area contributed by atoms with E-state index in [4.69, 9.17) is 0 Å². The summed E-state index contributed by atoms with van der Waals surface area (Å²) in [5.41, 5.74) is 1.36. The first-order chi connectivity index (χ1) is 11.7. The van der Waals surface area contributed by atoms with Gasteiger partial charge in [0.2, 0.25) is 5.91 Å². The highest BCUT2D eigenvalue weighted by Crippen LogP contribution is 2.26. The van der Waals surface area contributed by atoms with Crippen molar-refractivity contribution in [1.82, 2.24) is 15.1 Å². The number of rotatable bonds is 4. The van der Waals surface area contributed by atoms with Gasteiger partial charge in [-0.3, -0.25) is 9.59 Å². The van der Waals surface area contributed by atoms with Crippen LogP contribution in [0.15, 0.2) is 59.4 Å². The molecule has 3 aromatic rings. The first-order valence-electron chi connectivity index (χ1n) is 8.06. The lowest BCUT2D eigenvalue weighted by Gasteiger charge is -2.09. The highest BCUT2D eigenvalue weighted by Gasteiger charge is 2.23. The monoisotopic (exact) mass is 319 g/mol. The smallest absolute Gasteiger partial charge is 0.267 e. The molecule has 120 valence electrons. The van der Waals surface area contributed by atoms with Crippen molar-refractivity contribution >= 4 is 16.7 Å². The minimum absolute atomic E-state index is 0.0477. The van der Waals surface area contributed by atoms with Crippen molar-refractivity contribution in [3.63, 3.8) is 0 Å². The second-order valence-electron chi connectivity index (χ2n) is 6.08. The van der Waals surface area contributed by atoms with Crippen LogP contribution in [0.3, 0.4) is 0 Å². The fourth-order valence-corrected chi connectivity index (χ4v) is 2.79. The maximum atomic E-state index is 12.0. The normalized spacial score (nSPS) is 13.8. The number of fused-ring (bicyclic) bond motifs is 1. The number of benzene rings is 2. The molecule has 0 unspecified atom stereocenters. The molecule has 0 atom stereocenters. The fourth-order valence-electron chi connectivity index (χ4n) is 2.79. The van der Waals surface area contributed by atoms with Crippen LogP contribution in [-0.4, -0.2) is 21.7 Å². The molecule has 1 saturated carbocycles. The van der Waals surface area contributed by atoms with Gasteiger partial charge in [0, 0.05) is 17.7 Å². The lowest BCUT2D eigenvalue weighted by Crippen LogP contribution is -2.34. The van der Waals surface area contributed by atoms with E-state index in [1.807, 2.05) is 42.5 Å². The van der Waals surface area contributed by atoms with Gasteiger partial charge >= 0.3 is 0 Å². The molecule has 5 nitrogen and oxygen atoms in total. The predicted molar refractivity (Wildman–Crippen MR) is 92.6 cm³/mol. The molecule has 4 rings (SSSR count). The van der Waals surface area contributed by atoms with Crippen LogP contribution >= 0.6 is 0 Å². The van der Waals surface area contributed by atoms with Crippen LogP contribution in [0.2, 0.25) is 0 Å². The van der Waals surface area contributed by atoms with E-state index in [1.165, 1.54) is 10.7 Å². The molecule has 1 aliphatic rings. The summed E-state index contributed by atoms with van der Waals surface area (Å²) in [6, 6.07) is 17.5. The topological polar surface area (TPSA) is 64.0 Å². The standard InChI is InChI=1S/C19H17N3O2/c23-18(20-14-8-9-14)12-22-19(24)11-10-17(21-22)16-7-3-5-13-4-1-2-6-15(13)16/h1-7,10-11,14H,8-9,12H2,(H,20,23). The molecule has 0 aliphatic heterocycles. The Labute approximate surface area is 138 Å². The molecule has 1 heterocycles. The van der Waals surface area contributed by atoms with Crippen LogP contribution in [0, 0.1) is 0 Å². The zero-order valence-corrected chi connectivity index (χ0v) is 13.1. The van der Waals surface area contributed by atoms with E-state index in [9.17, 15) is 9.59 Å². The van der Waals surface area contributed by atoms with E-state index >= 15 is 0 Å². The Morgan fingerprint density at radius 3 is 2.71 bits per heavy atom. The van der Waals surface area contributed by atoms with Crippen LogP contribution < -0.4 is 10.9 Å². The lowest BCUT2D eigenvalue weighted by atomic mass is 10.0. The minimum Gasteiger partial charge on any atom is -0.352 e. The Kier molecular flexibility index (Phi) is 3.61. The van der Waals surface area contributed by atoms with Gasteiger partial charge in [-0.1, -0.05) is 42.5 Å². The maximum absolute atomic E-state index is 12.0. The molecule has 24 heavy (non-hydrogen) atoms. The number of nitrogens with one attached hydrogen (secondary N) is 1. The van der Waals surface area contributed by atoms with E-state index in [0.29, 0.717) is 5.69 Å². The van der Waals surface area contributed by atoms with Crippen molar-refractivity contribution in [2.45, 2.75) is 25.4 Å². The Morgan fingerprint density at radius 1 is 1.08 bits per heavy atom. The summed E-state index contributed by atoms with van der Waals surface area (Å²) in [7, 11) is 0. The van der Waals surface area contributed by atoms with Crippen LogP contribution in [-0.2, 0) is 11.3 Å². The fraction of sp³-hybridized carbons (Fsp3) is 0.211. The van der Waals surface area contributed by atoms with Gasteiger partial charge in [0.25, 0.3) is 5.56 Å². The minimum atomic E-state index is -0.273. The van der Waals surface area contributed by atoms with Crippen molar-refractivity contribution in [3.8, 4) is 11.3 Å². The summed E-state index contributed by atoms with van der Waals surface area (Å²) in [4.78, 5) is 24.0. The Balaban J connectivity index is 1.71. The summed E-state index contributed by atoms with van der Waals surface area (Å²) in [5.74, 6) is -0.165. The molecule has 5 heteroatoms. The van der Waals surface area contributed by atoms with Crippen molar-refractivity contribution in [1.29, 1.82) is 0 Å². The molecular weight excluding hydrogens is 302 g/mol. The molecule has 0 spiro atoms. The molecule has 2 aromatic carbocycles. The molecule has 1 amide bonds. The second-order valence-corrected chi connectivity index (χ2v) is 6.08. The van der Waals surface area contributed by atoms with Crippen LogP contribution in [0.4, 0.5) is 0 Å². The largest absolute Gasteiger partial charge is 0.352 e. The van der Waals surface area contributed by atoms with Gasteiger partial charge < -0.3 is 5.32 Å². The third-order valence-corrected chi connectivity index (χ3v) is 4.17. The summed E-state index contributed by atoms with van der Waals surface area (Å²) in [5, 5.41) is 9.47. The highest BCUT2D eigenvalue weighted by atomic mass is 16.2. The number of nitrogens with zero attached hydrogens (tertiary/aromatic N) is 2. The quantitative estimate of drug-likeness (QED) is 0.803. The number of amides is 1. The molecule has 1 N–H and O–H groups in total. The van der Waals surface area contributed by atoms with E-state index in [2.05, 4.69) is 10.4 Å². The number of hydrogen-bond donors (Lipinski definition) is 1. The first-order valence-corrected chi connectivity index (χ1v) is 8.06. The van der Waals surface area contributed by atoms with Gasteiger partial charge in [-0.05, 0) is 29.7 Å². The summed E-state index contributed by atoms with van der Waals surface area (Å²) in [6.07, 6.45) is 2.04. The van der Waals surface area contributed by atoms with Crippen molar-refractivity contribution in [3.05, 3.63) is 65.0 Å². The predicted octanol–water partition coefficient (Wildman–Crippen LogP) is 2.34. The lowest BCUT2D eigenvalue weighted by molar-refractivity contribution is -0.122. The summed E-state index contributed by atoms with van der Waals surface area (Å²) >= 11 is 0. The van der Waals surface area contributed by atoms with E-state index in [0.717, 1.165) is 29.2 Å². The molecule has 1 fully saturated rings. The highest BCUT2D eigenvalue weighted by molar-refractivity contribution is 5.95. The SMILES string of the molecule is O=C(Cn1nc(-c2cccc3ccccc23)ccc1=O)NC1CC1. The molecule has 1 aliphatic carbocycles. The maximum Gasteiger partial charge on any atom is 0.267 e. The van der Waals surface area contributed by atoms with E-state index < -0.39 is 0 Å². The van der Waals surface area contributed by atoms with Crippen LogP contribution in [0.1, 0.15) is 12.8 Å². The Morgan fingerprint density at radius 2 is 1.88 bits per heavy atom. The zero-order valence-electron chi connectivity index (χ0n) is 13.1. The van der Waals surface area contributed by atoms with Crippen molar-refractivity contribution < 1.29 is 4.79 Å². The number of carbonyl (C=O) groups excluding carboxylic acids is 1. The average molecular weight is 319 g/mol. The van der Waals surface area contributed by atoms with Gasteiger partial charge in [0.05, 0.1) is 5.69 Å². The van der Waals surface area contributed by atoms with Crippen molar-refractivity contribution in [2.24, 2.45) is 0 Å². The van der Waals surface area contributed by atoms with Gasteiger partial charge in [-0.2, -0.15) is 5.10 Å². The van der Waals surface area contributed by atoms with Gasteiger partial charge in [0.15, 0.2) is 0 Å². The Bertz CT molecular complexity index is 968. The zero-order chi connectivity index (χ0) is 16.5. The number of carbonyl (C=O) groups is 1. The van der Waals surface area contributed by atoms with Gasteiger partial charge in [-0.15, -0.1) is 0 Å². The van der Waals surface area contributed by atoms with E-state index in [-0.39, 0.29) is 24.1 Å². The molecule has 0 saturated heterocycles. The Hall–Kier alpha value is -2.95. The van der Waals surface area contributed by atoms with Crippen LogP contribution in [0.25, 0.3) is 22.0 Å². The average Bonchev–Trinajstić information content (AvgIpc) is 3.40. The first kappa shape index (κ1) is 14.6. The number of aromatic nitrogens is 2. The molecule has 0 bridgehead atoms. The third-order valence-electron chi connectivity index (χ3n) is 4.17. The van der Waals surface area contributed by atoms with E-state index in [1.54, 1.807) is 6.07 Å². The summed E-state index contributed by atoms with van der Waals surface area (Å²) in [6.45, 7) is -0.0477. The molecular formula is C19H17N3O2. The third kappa shape index (κ3) is 2.93. The summed E-state index contributed by atoms with van der Waals surface area (Å²) < 4.78 is 1.23. The van der Waals surface area contributed by atoms with Crippen molar-refractivity contribution in [2.75, 3.05) is 0 Å². The van der Waals surface area contributed by atoms with Gasteiger partial charge in [0.1, 0.15) is 6.54 Å². The van der Waals surface area contributed by atoms with Gasteiger partial charge in [-0.25, -0.2) is 4.68 Å². The number of hydrogen-bond acceptors (Lipinski definition) is 3. The molecule has 1 aromatic heterocycles. The second kappa shape index (κ2) is 5.92. The van der Waals surface area contributed by atoms with Crippen LogP contribution in [0.5, 0.6) is 0 Å². The molecule has 0 radical (unpaired) electrons.